The second-order valence-corrected chi connectivity index (χ2v) is 7.56. The Hall–Kier alpha value is -3.39. The zero-order valence-electron chi connectivity index (χ0n) is 16.6. The lowest BCUT2D eigenvalue weighted by Crippen LogP contribution is -2.31. The molecule has 1 atom stereocenters. The number of carbonyl (C=O) groups excluding carboxylic acids is 1. The zero-order chi connectivity index (χ0) is 21.4. The monoisotopic (exact) mass is 425 g/mol. The second-order valence-electron chi connectivity index (χ2n) is 7.13. The minimum Gasteiger partial charge on any atom is -0.508 e. The molecule has 30 heavy (non-hydrogen) atoms. The van der Waals surface area contributed by atoms with Gasteiger partial charge in [-0.05, 0) is 51.1 Å². The number of ether oxygens (including phenoxy) is 1. The average molecular weight is 426 g/mol. The van der Waals surface area contributed by atoms with Crippen LogP contribution in [0.4, 0.5) is 4.79 Å². The first-order chi connectivity index (χ1) is 14.3. The largest absolute Gasteiger partial charge is 0.508 e. The van der Waals surface area contributed by atoms with Gasteiger partial charge in [0.2, 0.25) is 0 Å². The number of amides is 1. The molecule has 0 bridgehead atoms. The number of hydrogen-bond donors (Lipinski definition) is 2. The molecular weight excluding hydrogens is 406 g/mol. The number of benzene rings is 2. The van der Waals surface area contributed by atoms with Gasteiger partial charge in [-0.1, -0.05) is 23.7 Å². The Morgan fingerprint density at radius 3 is 2.63 bits per heavy atom. The Kier molecular flexibility index (Phi) is 5.17. The maximum absolute atomic E-state index is 12.3. The van der Waals surface area contributed by atoms with Crippen molar-refractivity contribution in [2.75, 3.05) is 0 Å². The molecule has 1 aliphatic heterocycles. The fraction of sp³-hybridized carbons (Fsp3) is 0.238. The molecular formula is C21H20ClN5O3. The highest BCUT2D eigenvalue weighted by Gasteiger charge is 2.30. The number of rotatable bonds is 3. The summed E-state index contributed by atoms with van der Waals surface area (Å²) < 4.78 is 7.04. The van der Waals surface area contributed by atoms with Crippen molar-refractivity contribution >= 4 is 23.4 Å². The summed E-state index contributed by atoms with van der Waals surface area (Å²) in [5.74, 6) is 1.14. The number of carbonyl (C=O) groups is 1. The molecule has 1 aliphatic rings. The fourth-order valence-corrected chi connectivity index (χ4v) is 3.44. The molecule has 2 N–H and O–H groups in total. The maximum atomic E-state index is 12.3. The predicted molar refractivity (Wildman–Crippen MR) is 112 cm³/mol. The number of aromatic nitrogens is 3. The van der Waals surface area contributed by atoms with E-state index in [0.717, 1.165) is 11.3 Å². The van der Waals surface area contributed by atoms with Crippen molar-refractivity contribution in [3.63, 3.8) is 0 Å². The van der Waals surface area contributed by atoms with Crippen LogP contribution >= 0.6 is 11.6 Å². The predicted octanol–water partition coefficient (Wildman–Crippen LogP) is 3.92. The first-order valence-electron chi connectivity index (χ1n) is 9.40. The van der Waals surface area contributed by atoms with Crippen molar-refractivity contribution in [3.05, 3.63) is 70.3 Å². The molecule has 1 aromatic heterocycles. The Morgan fingerprint density at radius 2 is 1.93 bits per heavy atom. The summed E-state index contributed by atoms with van der Waals surface area (Å²) >= 11 is 6.05. The van der Waals surface area contributed by atoms with Gasteiger partial charge in [-0.3, -0.25) is 14.9 Å². The fourth-order valence-electron chi connectivity index (χ4n) is 3.31. The van der Waals surface area contributed by atoms with Gasteiger partial charge in [0, 0.05) is 16.1 Å². The van der Waals surface area contributed by atoms with E-state index in [9.17, 15) is 9.90 Å². The number of aryl methyl sites for hydroxylation is 1. The zero-order valence-corrected chi connectivity index (χ0v) is 17.4. The number of nitrogens with zero attached hydrogens (tertiary/aromatic N) is 4. The Balaban J connectivity index is 1.92. The number of alkyl carbamates (subject to hydrolysis) is 1. The molecule has 2 heterocycles. The molecule has 0 fully saturated rings. The van der Waals surface area contributed by atoms with Gasteiger partial charge in [0.15, 0.2) is 12.0 Å². The van der Waals surface area contributed by atoms with Crippen LogP contribution in [0.3, 0.4) is 0 Å². The van der Waals surface area contributed by atoms with Crippen LogP contribution in [0, 0.1) is 6.92 Å². The summed E-state index contributed by atoms with van der Waals surface area (Å²) in [4.78, 5) is 17.1. The molecule has 2 aromatic carbocycles. The van der Waals surface area contributed by atoms with Crippen LogP contribution in [0.2, 0.25) is 5.02 Å². The van der Waals surface area contributed by atoms with E-state index in [1.54, 1.807) is 44.2 Å². The summed E-state index contributed by atoms with van der Waals surface area (Å²) in [6, 6.07) is 12.2. The third kappa shape index (κ3) is 3.73. The number of fused-ring (bicyclic) bond motifs is 3. The van der Waals surface area contributed by atoms with E-state index in [1.807, 2.05) is 23.6 Å². The Bertz CT molecular complexity index is 1140. The van der Waals surface area contributed by atoms with E-state index < -0.39 is 12.3 Å². The average Bonchev–Trinajstić information content (AvgIpc) is 3.00. The molecule has 0 spiro atoms. The van der Waals surface area contributed by atoms with Crippen molar-refractivity contribution < 1.29 is 14.6 Å². The highest BCUT2D eigenvalue weighted by molar-refractivity contribution is 6.30. The third-order valence-corrected chi connectivity index (χ3v) is 4.80. The number of hydrogen-bond acceptors (Lipinski definition) is 6. The van der Waals surface area contributed by atoms with Crippen LogP contribution in [-0.4, -0.2) is 37.8 Å². The number of phenolic OH excluding ortho intramolecular Hbond substituents is 1. The topological polar surface area (TPSA) is 102 Å². The van der Waals surface area contributed by atoms with Crippen LogP contribution in [0.15, 0.2) is 47.5 Å². The lowest BCUT2D eigenvalue weighted by molar-refractivity contribution is 0.112. The van der Waals surface area contributed by atoms with Gasteiger partial charge in [-0.25, -0.2) is 4.79 Å². The molecule has 154 valence electrons. The molecule has 4 rings (SSSR count). The van der Waals surface area contributed by atoms with Gasteiger partial charge in [0.25, 0.3) is 0 Å². The van der Waals surface area contributed by atoms with Crippen molar-refractivity contribution in [2.24, 2.45) is 4.99 Å². The van der Waals surface area contributed by atoms with Crippen LogP contribution in [0.25, 0.3) is 5.69 Å². The molecule has 0 aliphatic carbocycles. The molecule has 1 amide bonds. The van der Waals surface area contributed by atoms with E-state index in [1.165, 1.54) is 0 Å². The van der Waals surface area contributed by atoms with E-state index in [2.05, 4.69) is 15.5 Å². The Morgan fingerprint density at radius 1 is 1.20 bits per heavy atom. The maximum Gasteiger partial charge on any atom is 0.409 e. The van der Waals surface area contributed by atoms with Crippen LogP contribution in [0.1, 0.15) is 42.8 Å². The minimum absolute atomic E-state index is 0.0910. The standard InChI is InChI=1S/C21H20ClN5O3/c1-11(2)30-21(29)24-19-20-26-25-12(3)27(20)17-9-8-15(28)10-16(17)18(23-19)13-4-6-14(22)7-5-13/h4-11,19,28H,1-3H3,(H,24,29)/t19-/m0/s1. The van der Waals surface area contributed by atoms with E-state index in [4.69, 9.17) is 21.3 Å². The van der Waals surface area contributed by atoms with Gasteiger partial charge in [-0.15, -0.1) is 10.2 Å². The van der Waals surface area contributed by atoms with Crippen molar-refractivity contribution in [1.82, 2.24) is 20.1 Å². The number of aliphatic imine (C=N–C) groups is 1. The number of phenols is 1. The van der Waals surface area contributed by atoms with Gasteiger partial charge >= 0.3 is 6.09 Å². The lowest BCUT2D eigenvalue weighted by Gasteiger charge is -2.15. The van der Waals surface area contributed by atoms with Crippen LogP contribution in [-0.2, 0) is 4.74 Å². The lowest BCUT2D eigenvalue weighted by atomic mass is 10.00. The van der Waals surface area contributed by atoms with E-state index >= 15 is 0 Å². The SMILES string of the molecule is Cc1nnc2n1-c1ccc(O)cc1C(c1ccc(Cl)cc1)=N[C@H]2NC(=O)OC(C)C. The Labute approximate surface area is 178 Å². The number of halogens is 1. The highest BCUT2D eigenvalue weighted by atomic mass is 35.5. The molecule has 9 heteroatoms. The molecule has 8 nitrogen and oxygen atoms in total. The molecule has 0 unspecified atom stereocenters. The van der Waals surface area contributed by atoms with Gasteiger partial charge in [0.05, 0.1) is 17.5 Å². The summed E-state index contributed by atoms with van der Waals surface area (Å²) in [5.41, 5.74) is 2.74. The molecule has 0 saturated heterocycles. The number of nitrogens with one attached hydrogen (secondary N) is 1. The number of aromatic hydroxyl groups is 1. The van der Waals surface area contributed by atoms with E-state index in [0.29, 0.717) is 27.9 Å². The smallest absolute Gasteiger partial charge is 0.409 e. The summed E-state index contributed by atoms with van der Waals surface area (Å²) in [6.45, 7) is 5.34. The first-order valence-corrected chi connectivity index (χ1v) is 9.78. The summed E-state index contributed by atoms with van der Waals surface area (Å²) in [7, 11) is 0. The van der Waals surface area contributed by atoms with Gasteiger partial charge in [-0.2, -0.15) is 0 Å². The molecule has 0 radical (unpaired) electrons. The van der Waals surface area contributed by atoms with Gasteiger partial charge < -0.3 is 9.84 Å². The van der Waals surface area contributed by atoms with Crippen LogP contribution in [0.5, 0.6) is 5.75 Å². The minimum atomic E-state index is -0.849. The first kappa shape index (κ1) is 19.9. The molecule has 3 aromatic rings. The van der Waals surface area contributed by atoms with Crippen molar-refractivity contribution in [1.29, 1.82) is 0 Å². The van der Waals surface area contributed by atoms with Crippen molar-refractivity contribution in [3.8, 4) is 11.4 Å². The van der Waals surface area contributed by atoms with Gasteiger partial charge in [0.1, 0.15) is 11.6 Å². The molecule has 0 saturated carbocycles. The quantitative estimate of drug-likeness (QED) is 0.662. The van der Waals surface area contributed by atoms with Crippen LogP contribution < -0.4 is 5.32 Å². The highest BCUT2D eigenvalue weighted by Crippen LogP contribution is 2.32. The third-order valence-electron chi connectivity index (χ3n) is 4.54. The normalized spacial score (nSPS) is 15.1. The summed E-state index contributed by atoms with van der Waals surface area (Å²) in [5, 5.41) is 21.9. The van der Waals surface area contributed by atoms with E-state index in [-0.39, 0.29) is 11.9 Å². The summed E-state index contributed by atoms with van der Waals surface area (Å²) in [6.07, 6.45) is -1.75. The van der Waals surface area contributed by atoms with Crippen molar-refractivity contribution in [2.45, 2.75) is 33.0 Å². The second kappa shape index (κ2) is 7.79.